The molecule has 1 N–H and O–H groups in total. The summed E-state index contributed by atoms with van der Waals surface area (Å²) in [7, 11) is 0. The molecule has 0 unspecified atom stereocenters. The first-order valence-corrected chi connectivity index (χ1v) is 10.2. The molecule has 5 aromatic rings. The average Bonchev–Trinajstić information content (AvgIpc) is 3.23. The second kappa shape index (κ2) is 7.84. The van der Waals surface area contributed by atoms with Crippen molar-refractivity contribution in [2.45, 2.75) is 13.3 Å². The van der Waals surface area contributed by atoms with E-state index in [1.807, 2.05) is 53.3 Å². The molecule has 2 aromatic heterocycles. The Bertz CT molecular complexity index is 1300. The van der Waals surface area contributed by atoms with Gasteiger partial charge in [0.25, 0.3) is 0 Å². The summed E-state index contributed by atoms with van der Waals surface area (Å²) in [5.41, 5.74) is 6.31. The number of hydrogen-bond donors (Lipinski definition) is 1. The first kappa shape index (κ1) is 18.1. The van der Waals surface area contributed by atoms with Gasteiger partial charge in [-0.2, -0.15) is 5.10 Å². The van der Waals surface area contributed by atoms with Crippen LogP contribution in [0.1, 0.15) is 12.5 Å². The number of aryl methyl sites for hydroxylation is 1. The Morgan fingerprint density at radius 1 is 0.833 bits per heavy atom. The number of benzene rings is 3. The summed E-state index contributed by atoms with van der Waals surface area (Å²) in [6.07, 6.45) is 2.84. The number of nitrogens with one attached hydrogen (secondary N) is 1. The van der Waals surface area contributed by atoms with E-state index in [1.54, 1.807) is 0 Å². The van der Waals surface area contributed by atoms with E-state index >= 15 is 0 Å². The Kier molecular flexibility index (Phi) is 4.74. The van der Waals surface area contributed by atoms with E-state index < -0.39 is 0 Å². The molecule has 0 aliphatic rings. The summed E-state index contributed by atoms with van der Waals surface area (Å²) in [4.78, 5) is 4.51. The van der Waals surface area contributed by atoms with E-state index in [0.29, 0.717) is 0 Å². The minimum atomic E-state index is 0.912. The van der Waals surface area contributed by atoms with Crippen LogP contribution in [0.3, 0.4) is 0 Å². The molecule has 3 aromatic carbocycles. The van der Waals surface area contributed by atoms with Gasteiger partial charge in [0.1, 0.15) is 5.82 Å². The number of fused-ring (bicyclic) bond motifs is 1. The Morgan fingerprint density at radius 2 is 1.67 bits per heavy atom. The highest BCUT2D eigenvalue weighted by Crippen LogP contribution is 2.30. The number of rotatable bonds is 5. The van der Waals surface area contributed by atoms with Gasteiger partial charge in [0.2, 0.25) is 0 Å². The molecule has 0 atom stereocenters. The third kappa shape index (κ3) is 3.44. The highest BCUT2D eigenvalue weighted by molar-refractivity contribution is 5.87. The fourth-order valence-electron chi connectivity index (χ4n) is 3.68. The van der Waals surface area contributed by atoms with Gasteiger partial charge in [-0.25, -0.2) is 4.68 Å². The molecule has 4 nitrogen and oxygen atoms in total. The maximum absolute atomic E-state index is 5.00. The van der Waals surface area contributed by atoms with Crippen LogP contribution in [0.15, 0.2) is 97.2 Å². The fraction of sp³-hybridized carbons (Fsp3) is 0.0769. The van der Waals surface area contributed by atoms with Crippen LogP contribution in [0.2, 0.25) is 0 Å². The van der Waals surface area contributed by atoms with Gasteiger partial charge >= 0.3 is 0 Å². The van der Waals surface area contributed by atoms with Gasteiger partial charge in [-0.05, 0) is 42.3 Å². The second-order valence-electron chi connectivity index (χ2n) is 7.22. The van der Waals surface area contributed by atoms with Crippen molar-refractivity contribution in [3.8, 4) is 16.9 Å². The molecule has 146 valence electrons. The third-order valence-corrected chi connectivity index (χ3v) is 5.24. The van der Waals surface area contributed by atoms with Crippen LogP contribution in [0.25, 0.3) is 27.8 Å². The molecule has 0 saturated heterocycles. The Morgan fingerprint density at radius 3 is 2.53 bits per heavy atom. The van der Waals surface area contributed by atoms with Gasteiger partial charge in [-0.15, -0.1) is 0 Å². The molecule has 5 rings (SSSR count). The lowest BCUT2D eigenvalue weighted by molar-refractivity contribution is 0.897. The lowest BCUT2D eigenvalue weighted by Crippen LogP contribution is -2.03. The number of hydrogen-bond acceptors (Lipinski definition) is 3. The van der Waals surface area contributed by atoms with Crippen LogP contribution in [0, 0.1) is 0 Å². The van der Waals surface area contributed by atoms with Crippen LogP contribution in [-0.2, 0) is 6.42 Å². The maximum atomic E-state index is 5.00. The van der Waals surface area contributed by atoms with Crippen molar-refractivity contribution in [3.63, 3.8) is 0 Å². The number of anilines is 2. The van der Waals surface area contributed by atoms with E-state index in [9.17, 15) is 0 Å². The molecule has 0 spiro atoms. The van der Waals surface area contributed by atoms with Gasteiger partial charge in [-0.3, -0.25) is 4.98 Å². The lowest BCUT2D eigenvalue weighted by Gasteiger charge is -2.11. The van der Waals surface area contributed by atoms with Crippen molar-refractivity contribution in [3.05, 3.63) is 103 Å². The van der Waals surface area contributed by atoms with Crippen LogP contribution in [-0.4, -0.2) is 14.8 Å². The number of pyridine rings is 1. The largest absolute Gasteiger partial charge is 0.340 e. The molecule has 0 amide bonds. The van der Waals surface area contributed by atoms with Crippen molar-refractivity contribution in [1.82, 2.24) is 14.8 Å². The van der Waals surface area contributed by atoms with E-state index in [2.05, 4.69) is 65.8 Å². The first-order valence-electron chi connectivity index (χ1n) is 10.2. The highest BCUT2D eigenvalue weighted by atomic mass is 15.3. The predicted octanol–water partition coefficient (Wildman–Crippen LogP) is 6.39. The van der Waals surface area contributed by atoms with E-state index in [-0.39, 0.29) is 0 Å². The SMILES string of the molecule is CCc1cccc(-c2cc(Nc3ccccc3)n(-c3ccnc4ccccc34)n2)c1. The standard InChI is InChI=1S/C26H22N4/c1-2-19-9-8-10-20(17-19)24-18-26(28-21-11-4-3-5-12-21)30(29-24)25-15-16-27-23-14-7-6-13-22(23)25/h3-18,28H,2H2,1H3. The fourth-order valence-corrected chi connectivity index (χ4v) is 3.68. The van der Waals surface area contributed by atoms with Crippen LogP contribution >= 0.6 is 0 Å². The van der Waals surface area contributed by atoms with Crippen LogP contribution < -0.4 is 5.32 Å². The summed E-state index contributed by atoms with van der Waals surface area (Å²) in [6, 6.07) is 31.0. The Hall–Kier alpha value is -3.92. The summed E-state index contributed by atoms with van der Waals surface area (Å²) < 4.78 is 1.98. The average molecular weight is 390 g/mol. The molecule has 0 bridgehead atoms. The highest BCUT2D eigenvalue weighted by Gasteiger charge is 2.14. The quantitative estimate of drug-likeness (QED) is 0.378. The van der Waals surface area contributed by atoms with Crippen molar-refractivity contribution < 1.29 is 0 Å². The summed E-state index contributed by atoms with van der Waals surface area (Å²) in [6.45, 7) is 2.17. The third-order valence-electron chi connectivity index (χ3n) is 5.24. The van der Waals surface area contributed by atoms with E-state index in [1.165, 1.54) is 5.56 Å². The van der Waals surface area contributed by atoms with Gasteiger partial charge < -0.3 is 5.32 Å². The zero-order valence-electron chi connectivity index (χ0n) is 16.8. The zero-order valence-corrected chi connectivity index (χ0v) is 16.8. The van der Waals surface area contributed by atoms with Crippen LogP contribution in [0.5, 0.6) is 0 Å². The Labute approximate surface area is 175 Å². The number of aromatic nitrogens is 3. The molecule has 0 radical (unpaired) electrons. The maximum Gasteiger partial charge on any atom is 0.134 e. The predicted molar refractivity (Wildman–Crippen MR) is 123 cm³/mol. The van der Waals surface area contributed by atoms with Gasteiger partial charge in [-0.1, -0.05) is 61.5 Å². The molecule has 0 fully saturated rings. The van der Waals surface area contributed by atoms with E-state index in [0.717, 1.165) is 45.8 Å². The van der Waals surface area contributed by atoms with Crippen LogP contribution in [0.4, 0.5) is 11.5 Å². The minimum absolute atomic E-state index is 0.912. The molecule has 30 heavy (non-hydrogen) atoms. The summed E-state index contributed by atoms with van der Waals surface area (Å²) in [5.74, 6) is 0.912. The topological polar surface area (TPSA) is 42.7 Å². The van der Waals surface area contributed by atoms with Crippen molar-refractivity contribution in [2.24, 2.45) is 0 Å². The summed E-state index contributed by atoms with van der Waals surface area (Å²) >= 11 is 0. The molecule has 0 saturated carbocycles. The lowest BCUT2D eigenvalue weighted by atomic mass is 10.1. The monoisotopic (exact) mass is 390 g/mol. The minimum Gasteiger partial charge on any atom is -0.340 e. The van der Waals surface area contributed by atoms with Gasteiger partial charge in [0, 0.05) is 28.9 Å². The number of nitrogens with zero attached hydrogens (tertiary/aromatic N) is 3. The first-order chi connectivity index (χ1) is 14.8. The molecular formula is C26H22N4. The Balaban J connectivity index is 1.69. The van der Waals surface area contributed by atoms with Crippen molar-refractivity contribution >= 4 is 22.4 Å². The normalized spacial score (nSPS) is 11.0. The molecule has 4 heteroatoms. The number of para-hydroxylation sites is 2. The summed E-state index contributed by atoms with van der Waals surface area (Å²) in [5, 5.41) is 9.60. The van der Waals surface area contributed by atoms with E-state index in [4.69, 9.17) is 5.10 Å². The van der Waals surface area contributed by atoms with Crippen molar-refractivity contribution in [2.75, 3.05) is 5.32 Å². The smallest absolute Gasteiger partial charge is 0.134 e. The zero-order chi connectivity index (χ0) is 20.3. The second-order valence-corrected chi connectivity index (χ2v) is 7.22. The van der Waals surface area contributed by atoms with Gasteiger partial charge in [0.05, 0.1) is 16.9 Å². The van der Waals surface area contributed by atoms with Gasteiger partial charge in [0.15, 0.2) is 0 Å². The molecule has 0 aliphatic carbocycles. The molecular weight excluding hydrogens is 368 g/mol. The molecule has 2 heterocycles. The molecule has 0 aliphatic heterocycles. The van der Waals surface area contributed by atoms with Crippen molar-refractivity contribution in [1.29, 1.82) is 0 Å².